The summed E-state index contributed by atoms with van der Waals surface area (Å²) in [6, 6.07) is 11.3. The summed E-state index contributed by atoms with van der Waals surface area (Å²) in [5, 5.41) is 11.7. The van der Waals surface area contributed by atoms with Gasteiger partial charge < -0.3 is 23.8 Å². The molecule has 2 saturated heterocycles. The molecule has 2 aliphatic rings. The summed E-state index contributed by atoms with van der Waals surface area (Å²) in [6.07, 6.45) is 1.53. The van der Waals surface area contributed by atoms with E-state index in [1.165, 1.54) is 23.1 Å². The zero-order valence-electron chi connectivity index (χ0n) is 20.9. The van der Waals surface area contributed by atoms with Gasteiger partial charge in [0.15, 0.2) is 6.29 Å². The minimum absolute atomic E-state index is 0.305. The Morgan fingerprint density at radius 2 is 2.10 bits per heavy atom. The molecule has 0 bridgehead atoms. The Hall–Kier alpha value is -2.89. The molecule has 4 aromatic rings. The van der Waals surface area contributed by atoms with Gasteiger partial charge in [-0.25, -0.2) is 9.67 Å². The van der Waals surface area contributed by atoms with Crippen molar-refractivity contribution in [2.75, 3.05) is 13.7 Å². The number of fused-ring (bicyclic) bond motifs is 1. The fraction of sp³-hybridized carbons (Fsp3) is 0.346. The first-order valence-electron chi connectivity index (χ1n) is 12.1. The molecule has 39 heavy (non-hydrogen) atoms. The number of hydrogen-bond acceptors (Lipinski definition) is 10. The number of hydrogen-bond donors (Lipinski definition) is 0. The van der Waals surface area contributed by atoms with Crippen LogP contribution in [0.1, 0.15) is 23.5 Å². The van der Waals surface area contributed by atoms with Crippen LogP contribution < -0.4 is 0 Å². The largest absolute Gasteiger partial charge is 0.375 e. The van der Waals surface area contributed by atoms with Gasteiger partial charge in [0.25, 0.3) is 5.82 Å². The monoisotopic (exact) mass is 582 g/mol. The fourth-order valence-electron chi connectivity index (χ4n) is 4.72. The lowest BCUT2D eigenvalue weighted by molar-refractivity contribution is -0.308. The molecular weight excluding hydrogens is 560 g/mol. The van der Waals surface area contributed by atoms with Gasteiger partial charge in [-0.3, -0.25) is 0 Å². The van der Waals surface area contributed by atoms with E-state index in [-0.39, 0.29) is 0 Å². The second kappa shape index (κ2) is 11.3. The van der Waals surface area contributed by atoms with Gasteiger partial charge in [0.05, 0.1) is 12.8 Å². The average molecular weight is 583 g/mol. The molecule has 200 valence electrons. The van der Waals surface area contributed by atoms with E-state index >= 15 is 0 Å². The van der Waals surface area contributed by atoms with Crippen molar-refractivity contribution in [2.45, 2.75) is 47.9 Å². The van der Waals surface area contributed by atoms with Crippen molar-refractivity contribution in [1.82, 2.24) is 25.0 Å². The average Bonchev–Trinajstić information content (AvgIpc) is 3.62. The molecule has 0 spiro atoms. The Bertz CT molecular complexity index is 1500. The summed E-state index contributed by atoms with van der Waals surface area (Å²) in [4.78, 5) is 12.9. The summed E-state index contributed by atoms with van der Waals surface area (Å²) in [5.74, 6) is 0.312. The molecule has 13 heteroatoms. The highest BCUT2D eigenvalue weighted by molar-refractivity contribution is 8.00. The molecule has 0 N–H and O–H groups in total. The van der Waals surface area contributed by atoms with E-state index in [1.54, 1.807) is 23.4 Å². The molecule has 0 amide bonds. The highest BCUT2D eigenvalue weighted by Crippen LogP contribution is 2.45. The Morgan fingerprint density at radius 1 is 1.26 bits per heavy atom. The zero-order valence-corrected chi connectivity index (χ0v) is 23.3. The number of methoxy groups -OCH3 is 1. The van der Waals surface area contributed by atoms with Crippen LogP contribution in [0.15, 0.2) is 59.1 Å². The van der Waals surface area contributed by atoms with E-state index in [1.807, 2.05) is 49.5 Å². The second-order valence-corrected chi connectivity index (χ2v) is 11.4. The van der Waals surface area contributed by atoms with Gasteiger partial charge in [-0.15, -0.1) is 33.2 Å². The van der Waals surface area contributed by atoms with E-state index in [0.717, 1.165) is 11.1 Å². The van der Waals surface area contributed by atoms with Crippen molar-refractivity contribution in [1.29, 1.82) is 0 Å². The standard InChI is InChI=1S/C26H23ClN6O4S2/c1-14-9-18(23(28-2)29-10-14)39-26-22(34-3)20(33-11-16(31-32-33)24-30-19(27)13-38-24)21-17(36-26)12-35-25(37-21)15-7-5-4-6-8-15/h4-11,13,17,20-22,25-26H,12H2,1,3H3/t17?,20-,21-,22?,25?,26+/m0/s1. The molecule has 2 fully saturated rings. The highest BCUT2D eigenvalue weighted by atomic mass is 35.5. The van der Waals surface area contributed by atoms with Gasteiger partial charge in [-0.05, 0) is 12.5 Å². The number of ether oxygens (including phenoxy) is 4. The van der Waals surface area contributed by atoms with Crippen LogP contribution in [-0.2, 0) is 18.9 Å². The lowest BCUT2D eigenvalue weighted by atomic mass is 9.96. The van der Waals surface area contributed by atoms with E-state index in [2.05, 4.69) is 25.1 Å². The predicted octanol–water partition coefficient (Wildman–Crippen LogP) is 5.50. The third kappa shape index (κ3) is 5.31. The zero-order chi connectivity index (χ0) is 26.9. The van der Waals surface area contributed by atoms with Crippen molar-refractivity contribution in [3.05, 3.63) is 81.9 Å². The normalized spacial score (nSPS) is 26.6. The van der Waals surface area contributed by atoms with Crippen molar-refractivity contribution in [3.8, 4) is 10.7 Å². The molecule has 3 unspecified atom stereocenters. The minimum atomic E-state index is -0.573. The first-order valence-corrected chi connectivity index (χ1v) is 14.2. The summed E-state index contributed by atoms with van der Waals surface area (Å²) < 4.78 is 27.0. The maximum absolute atomic E-state index is 7.58. The van der Waals surface area contributed by atoms with Gasteiger partial charge >= 0.3 is 0 Å². The summed E-state index contributed by atoms with van der Waals surface area (Å²) in [6.45, 7) is 9.82. The third-order valence-electron chi connectivity index (χ3n) is 6.48. The number of benzene rings is 1. The van der Waals surface area contributed by atoms with Gasteiger partial charge in [-0.2, -0.15) is 0 Å². The molecule has 10 nitrogen and oxygen atoms in total. The van der Waals surface area contributed by atoms with Crippen molar-refractivity contribution < 1.29 is 18.9 Å². The molecule has 0 saturated carbocycles. The molecule has 1 aromatic carbocycles. The van der Waals surface area contributed by atoms with Crippen LogP contribution >= 0.6 is 34.7 Å². The van der Waals surface area contributed by atoms with Gasteiger partial charge in [0.2, 0.25) is 0 Å². The molecule has 6 atom stereocenters. The SMILES string of the molecule is [C-]#[N+]c1ncc(C)cc1S[C@H]1OC2COC(c3ccccc3)O[C@@H]2[C@H](n2cc(-c3nc(Cl)cs3)nn2)C1OC. The van der Waals surface area contributed by atoms with E-state index in [4.69, 9.17) is 37.1 Å². The van der Waals surface area contributed by atoms with Crippen molar-refractivity contribution in [2.24, 2.45) is 0 Å². The Labute approximate surface area is 238 Å². The highest BCUT2D eigenvalue weighted by Gasteiger charge is 2.52. The quantitative estimate of drug-likeness (QED) is 0.273. The van der Waals surface area contributed by atoms with Gasteiger partial charge in [0, 0.05) is 22.9 Å². The number of nitrogens with zero attached hydrogens (tertiary/aromatic N) is 6. The number of thiazole rings is 1. The molecule has 0 aliphatic carbocycles. The molecule has 6 rings (SSSR count). The smallest absolute Gasteiger partial charge is 0.283 e. The number of thioether (sulfide) groups is 1. The van der Waals surface area contributed by atoms with Crippen LogP contribution in [0, 0.1) is 13.5 Å². The first kappa shape index (κ1) is 26.3. The molecule has 5 heterocycles. The van der Waals surface area contributed by atoms with Crippen LogP contribution in [0.2, 0.25) is 5.15 Å². The predicted molar refractivity (Wildman–Crippen MR) is 146 cm³/mol. The van der Waals surface area contributed by atoms with Crippen LogP contribution in [0.5, 0.6) is 0 Å². The summed E-state index contributed by atoms with van der Waals surface area (Å²) in [5.41, 5.74) is 1.94. The van der Waals surface area contributed by atoms with Crippen LogP contribution in [0.4, 0.5) is 5.82 Å². The van der Waals surface area contributed by atoms with Gasteiger partial charge in [-0.1, -0.05) is 59.8 Å². The summed E-state index contributed by atoms with van der Waals surface area (Å²) in [7, 11) is 1.63. The second-order valence-electron chi connectivity index (χ2n) is 9.03. The number of rotatable bonds is 6. The number of aromatic nitrogens is 5. The topological polar surface area (TPSA) is 97.8 Å². The molecule has 3 aromatic heterocycles. The Balaban J connectivity index is 1.37. The number of aryl methyl sites for hydroxylation is 1. The van der Waals surface area contributed by atoms with E-state index in [9.17, 15) is 0 Å². The lowest BCUT2D eigenvalue weighted by Gasteiger charge is -2.48. The van der Waals surface area contributed by atoms with Crippen molar-refractivity contribution >= 4 is 40.5 Å². The maximum atomic E-state index is 7.58. The third-order valence-corrected chi connectivity index (χ3v) is 8.84. The van der Waals surface area contributed by atoms with E-state index in [0.29, 0.717) is 33.2 Å². The minimum Gasteiger partial charge on any atom is -0.375 e. The van der Waals surface area contributed by atoms with Crippen LogP contribution in [0.3, 0.4) is 0 Å². The lowest BCUT2D eigenvalue weighted by Crippen LogP contribution is -2.59. The number of pyridine rings is 1. The van der Waals surface area contributed by atoms with Gasteiger partial charge in [0.1, 0.15) is 51.8 Å². The Morgan fingerprint density at radius 3 is 2.85 bits per heavy atom. The van der Waals surface area contributed by atoms with Crippen molar-refractivity contribution in [3.63, 3.8) is 0 Å². The van der Waals surface area contributed by atoms with Crippen LogP contribution in [0.25, 0.3) is 15.5 Å². The van der Waals surface area contributed by atoms with Crippen LogP contribution in [-0.4, -0.2) is 62.4 Å². The fourth-order valence-corrected chi connectivity index (χ4v) is 6.92. The molecule has 2 aliphatic heterocycles. The number of halogens is 1. The summed E-state index contributed by atoms with van der Waals surface area (Å²) >= 11 is 8.84. The molecular formula is C26H23ClN6O4S2. The van der Waals surface area contributed by atoms with E-state index < -0.39 is 36.1 Å². The maximum Gasteiger partial charge on any atom is 0.283 e. The Kier molecular flexibility index (Phi) is 7.64. The molecule has 0 radical (unpaired) electrons. The first-order chi connectivity index (χ1) is 19.0.